The standard InChI is InChI=1S/C7H6N4.H2O/c1-2-4-6(5-3-1)7-8-10-11-9-7;/h1-5H,(H,8,9,10,11);1H2. The Balaban J connectivity index is 0.000000720. The molecule has 0 aliphatic rings. The first kappa shape index (κ1) is 8.35. The first-order valence-electron chi connectivity index (χ1n) is 3.26. The van der Waals surface area contributed by atoms with E-state index in [0.717, 1.165) is 5.56 Å². The minimum absolute atomic E-state index is 0. The van der Waals surface area contributed by atoms with Crippen LogP contribution in [0.25, 0.3) is 11.4 Å². The monoisotopic (exact) mass is 164 g/mol. The summed E-state index contributed by atoms with van der Waals surface area (Å²) >= 11 is 0. The normalized spacial score (nSPS) is 9.00. The van der Waals surface area contributed by atoms with Gasteiger partial charge in [0, 0.05) is 5.56 Å². The summed E-state index contributed by atoms with van der Waals surface area (Å²) in [5.74, 6) is 0.700. The number of nitrogens with zero attached hydrogens (tertiary/aromatic N) is 3. The fraction of sp³-hybridized carbons (Fsp3) is 0. The van der Waals surface area contributed by atoms with Crippen LogP contribution in [0.15, 0.2) is 30.3 Å². The van der Waals surface area contributed by atoms with Gasteiger partial charge in [0.25, 0.3) is 0 Å². The maximum absolute atomic E-state index is 3.77. The maximum Gasteiger partial charge on any atom is 0.179 e. The molecule has 2 aromatic rings. The fourth-order valence-electron chi connectivity index (χ4n) is 0.877. The minimum atomic E-state index is 0. The molecule has 5 nitrogen and oxygen atoms in total. The van der Waals surface area contributed by atoms with Crippen molar-refractivity contribution < 1.29 is 5.48 Å². The second-order valence-electron chi connectivity index (χ2n) is 2.12. The van der Waals surface area contributed by atoms with E-state index in [0.29, 0.717) is 5.82 Å². The highest BCUT2D eigenvalue weighted by Gasteiger charge is 1.97. The lowest BCUT2D eigenvalue weighted by molar-refractivity contribution is 0.824. The van der Waals surface area contributed by atoms with Crippen molar-refractivity contribution >= 4 is 0 Å². The van der Waals surface area contributed by atoms with Gasteiger partial charge in [0.1, 0.15) is 0 Å². The Kier molecular flexibility index (Phi) is 2.49. The molecule has 0 saturated heterocycles. The zero-order chi connectivity index (χ0) is 7.52. The third kappa shape index (κ3) is 1.46. The Morgan fingerprint density at radius 3 is 2.42 bits per heavy atom. The number of H-pyrrole nitrogens is 1. The molecule has 0 fully saturated rings. The van der Waals surface area contributed by atoms with Gasteiger partial charge in [-0.3, -0.25) is 0 Å². The van der Waals surface area contributed by atoms with Crippen LogP contribution < -0.4 is 0 Å². The maximum atomic E-state index is 3.77. The third-order valence-electron chi connectivity index (χ3n) is 1.39. The van der Waals surface area contributed by atoms with Gasteiger partial charge in [-0.2, -0.15) is 0 Å². The number of nitrogens with one attached hydrogen (secondary N) is 1. The van der Waals surface area contributed by atoms with Crippen LogP contribution in [0.3, 0.4) is 0 Å². The predicted molar refractivity (Wildman–Crippen MR) is 43.2 cm³/mol. The van der Waals surface area contributed by atoms with Crippen molar-refractivity contribution in [3.05, 3.63) is 30.3 Å². The molecule has 0 unspecified atom stereocenters. The van der Waals surface area contributed by atoms with Crippen molar-refractivity contribution in [3.63, 3.8) is 0 Å². The van der Waals surface area contributed by atoms with Gasteiger partial charge in [0.05, 0.1) is 0 Å². The van der Waals surface area contributed by atoms with Crippen molar-refractivity contribution in [1.82, 2.24) is 20.6 Å². The van der Waals surface area contributed by atoms with Crippen molar-refractivity contribution in [2.24, 2.45) is 0 Å². The predicted octanol–water partition coefficient (Wildman–Crippen LogP) is 0.0420. The highest BCUT2D eigenvalue weighted by molar-refractivity contribution is 5.52. The number of tetrazole rings is 1. The molecule has 0 spiro atoms. The number of rotatable bonds is 1. The highest BCUT2D eigenvalue weighted by Crippen LogP contribution is 2.10. The highest BCUT2D eigenvalue weighted by atomic mass is 16.0. The van der Waals surface area contributed by atoms with Crippen LogP contribution in [-0.2, 0) is 0 Å². The Labute approximate surface area is 68.7 Å². The van der Waals surface area contributed by atoms with Gasteiger partial charge in [-0.1, -0.05) is 30.3 Å². The average Bonchev–Trinajstić information content (AvgIpc) is 2.58. The second-order valence-corrected chi connectivity index (χ2v) is 2.12. The summed E-state index contributed by atoms with van der Waals surface area (Å²) in [5, 5.41) is 13.4. The number of benzene rings is 1. The lowest BCUT2D eigenvalue weighted by Gasteiger charge is -1.90. The summed E-state index contributed by atoms with van der Waals surface area (Å²) in [6, 6.07) is 9.73. The van der Waals surface area contributed by atoms with Crippen LogP contribution >= 0.6 is 0 Å². The van der Waals surface area contributed by atoms with E-state index in [9.17, 15) is 0 Å². The number of hydrogen-bond donors (Lipinski definition) is 1. The van der Waals surface area contributed by atoms with Crippen LogP contribution in [0.5, 0.6) is 0 Å². The van der Waals surface area contributed by atoms with Crippen LogP contribution in [0.1, 0.15) is 0 Å². The molecule has 5 heteroatoms. The Hall–Kier alpha value is -1.75. The quantitative estimate of drug-likeness (QED) is 0.645. The zero-order valence-corrected chi connectivity index (χ0v) is 6.23. The molecule has 0 atom stereocenters. The van der Waals surface area contributed by atoms with Crippen molar-refractivity contribution in [2.75, 3.05) is 0 Å². The van der Waals surface area contributed by atoms with Crippen LogP contribution in [0.4, 0.5) is 0 Å². The molecular formula is C7H8N4O. The van der Waals surface area contributed by atoms with E-state index < -0.39 is 0 Å². The smallest absolute Gasteiger partial charge is 0.179 e. The van der Waals surface area contributed by atoms with Gasteiger partial charge in [-0.25, -0.2) is 5.10 Å². The SMILES string of the molecule is O.c1ccc(-c2nnn[nH]2)cc1. The largest absolute Gasteiger partial charge is 0.412 e. The summed E-state index contributed by atoms with van der Waals surface area (Å²) in [5.41, 5.74) is 0.998. The van der Waals surface area contributed by atoms with Gasteiger partial charge in [-0.15, -0.1) is 5.10 Å². The van der Waals surface area contributed by atoms with Gasteiger partial charge < -0.3 is 5.48 Å². The van der Waals surface area contributed by atoms with Gasteiger partial charge >= 0.3 is 0 Å². The first-order chi connectivity index (χ1) is 5.47. The Morgan fingerprint density at radius 2 is 1.83 bits per heavy atom. The number of aromatic nitrogens is 4. The zero-order valence-electron chi connectivity index (χ0n) is 6.23. The van der Waals surface area contributed by atoms with E-state index in [-0.39, 0.29) is 5.48 Å². The second kappa shape index (κ2) is 3.59. The van der Waals surface area contributed by atoms with E-state index in [4.69, 9.17) is 0 Å². The van der Waals surface area contributed by atoms with Gasteiger partial charge in [0.2, 0.25) is 0 Å². The van der Waals surface area contributed by atoms with Crippen molar-refractivity contribution in [2.45, 2.75) is 0 Å². The van der Waals surface area contributed by atoms with Gasteiger partial charge in [0.15, 0.2) is 5.82 Å². The molecule has 1 heterocycles. The molecule has 0 aliphatic heterocycles. The summed E-state index contributed by atoms with van der Waals surface area (Å²) in [4.78, 5) is 0. The number of hydrogen-bond acceptors (Lipinski definition) is 3. The Morgan fingerprint density at radius 1 is 1.08 bits per heavy atom. The minimum Gasteiger partial charge on any atom is -0.412 e. The Bertz CT molecular complexity index is 318. The molecule has 0 radical (unpaired) electrons. The molecule has 1 aromatic carbocycles. The average molecular weight is 164 g/mol. The first-order valence-corrected chi connectivity index (χ1v) is 3.26. The van der Waals surface area contributed by atoms with Crippen molar-refractivity contribution in [3.8, 4) is 11.4 Å². The third-order valence-corrected chi connectivity index (χ3v) is 1.39. The fourth-order valence-corrected chi connectivity index (χ4v) is 0.877. The van der Waals surface area contributed by atoms with Crippen LogP contribution in [-0.4, -0.2) is 26.1 Å². The van der Waals surface area contributed by atoms with E-state index in [1.807, 2.05) is 30.3 Å². The molecule has 62 valence electrons. The topological polar surface area (TPSA) is 86.0 Å². The summed E-state index contributed by atoms with van der Waals surface area (Å²) in [7, 11) is 0. The molecule has 1 aromatic heterocycles. The molecule has 0 amide bonds. The molecule has 3 N–H and O–H groups in total. The van der Waals surface area contributed by atoms with Crippen LogP contribution in [0, 0.1) is 0 Å². The summed E-state index contributed by atoms with van der Waals surface area (Å²) in [6.45, 7) is 0. The molecular weight excluding hydrogens is 156 g/mol. The lowest BCUT2D eigenvalue weighted by atomic mass is 10.2. The van der Waals surface area contributed by atoms with E-state index in [2.05, 4.69) is 20.6 Å². The molecule has 0 aliphatic carbocycles. The summed E-state index contributed by atoms with van der Waals surface area (Å²) < 4.78 is 0. The lowest BCUT2D eigenvalue weighted by Crippen LogP contribution is -1.78. The van der Waals surface area contributed by atoms with Gasteiger partial charge in [-0.05, 0) is 10.4 Å². The molecule has 2 rings (SSSR count). The van der Waals surface area contributed by atoms with Crippen molar-refractivity contribution in [1.29, 1.82) is 0 Å². The van der Waals surface area contributed by atoms with E-state index in [1.165, 1.54) is 0 Å². The van der Waals surface area contributed by atoms with E-state index >= 15 is 0 Å². The summed E-state index contributed by atoms with van der Waals surface area (Å²) in [6.07, 6.45) is 0. The molecule has 0 saturated carbocycles. The number of aromatic amines is 1. The van der Waals surface area contributed by atoms with E-state index in [1.54, 1.807) is 0 Å². The molecule has 0 bridgehead atoms. The molecule has 12 heavy (non-hydrogen) atoms. The van der Waals surface area contributed by atoms with Crippen LogP contribution in [0.2, 0.25) is 0 Å².